The Morgan fingerprint density at radius 1 is 1.19 bits per heavy atom. The molecule has 5 heteroatoms. The molecule has 0 saturated carbocycles. The quantitative estimate of drug-likeness (QED) is 0.624. The zero-order chi connectivity index (χ0) is 15.0. The molecule has 0 unspecified atom stereocenters. The monoisotopic (exact) mass is 318 g/mol. The van der Waals surface area contributed by atoms with E-state index in [2.05, 4.69) is 9.98 Å². The summed E-state index contributed by atoms with van der Waals surface area (Å²) in [4.78, 5) is 7.26. The lowest BCUT2D eigenvalue weighted by molar-refractivity contribution is 0.457. The van der Waals surface area contributed by atoms with Gasteiger partial charge in [0.25, 0.3) is 0 Å². The molecule has 3 aromatic rings. The summed E-state index contributed by atoms with van der Waals surface area (Å²) < 4.78 is 0. The van der Waals surface area contributed by atoms with Gasteiger partial charge in [-0.15, -0.1) is 0 Å². The van der Waals surface area contributed by atoms with Crippen molar-refractivity contribution >= 4 is 46.0 Å². The van der Waals surface area contributed by atoms with Crippen LogP contribution in [0.3, 0.4) is 0 Å². The van der Waals surface area contributed by atoms with Crippen LogP contribution in [0.15, 0.2) is 41.4 Å². The number of fused-ring (bicyclic) bond motifs is 1. The number of aromatic amines is 1. The Kier molecular flexibility index (Phi) is 3.62. The van der Waals surface area contributed by atoms with Crippen LogP contribution in [0.25, 0.3) is 10.9 Å². The van der Waals surface area contributed by atoms with Crippen molar-refractivity contribution in [3.8, 4) is 5.88 Å². The molecule has 3 rings (SSSR count). The van der Waals surface area contributed by atoms with Gasteiger partial charge in [0.05, 0.1) is 21.3 Å². The molecule has 0 aliphatic carbocycles. The summed E-state index contributed by atoms with van der Waals surface area (Å²) in [5.74, 6) is 0.0810. The number of hydrogen-bond acceptors (Lipinski definition) is 2. The smallest absolute Gasteiger partial charge is 0.198 e. The van der Waals surface area contributed by atoms with E-state index in [0.29, 0.717) is 21.3 Å². The van der Waals surface area contributed by atoms with Crippen LogP contribution in [0.2, 0.25) is 10.0 Å². The third kappa shape index (κ3) is 2.62. The van der Waals surface area contributed by atoms with Crippen LogP contribution in [0.4, 0.5) is 5.69 Å². The van der Waals surface area contributed by atoms with Crippen LogP contribution < -0.4 is 0 Å². The molecule has 2 aromatic carbocycles. The van der Waals surface area contributed by atoms with E-state index in [1.165, 1.54) is 0 Å². The van der Waals surface area contributed by atoms with Gasteiger partial charge in [-0.25, -0.2) is 0 Å². The van der Waals surface area contributed by atoms with Crippen LogP contribution in [-0.4, -0.2) is 16.3 Å². The van der Waals surface area contributed by atoms with E-state index >= 15 is 0 Å². The molecule has 21 heavy (non-hydrogen) atoms. The summed E-state index contributed by atoms with van der Waals surface area (Å²) >= 11 is 12.1. The van der Waals surface area contributed by atoms with E-state index in [9.17, 15) is 5.11 Å². The van der Waals surface area contributed by atoms with Gasteiger partial charge < -0.3 is 10.1 Å². The van der Waals surface area contributed by atoms with Crippen molar-refractivity contribution in [1.29, 1.82) is 0 Å². The largest absolute Gasteiger partial charge is 0.494 e. The molecule has 2 N–H and O–H groups in total. The predicted molar refractivity (Wildman–Crippen MR) is 88.4 cm³/mol. The topological polar surface area (TPSA) is 48.4 Å². The second-order valence-corrected chi connectivity index (χ2v) is 5.55. The zero-order valence-corrected chi connectivity index (χ0v) is 12.7. The van der Waals surface area contributed by atoms with Crippen molar-refractivity contribution in [3.05, 3.63) is 57.6 Å². The first-order valence-corrected chi connectivity index (χ1v) is 7.11. The first kappa shape index (κ1) is 14.0. The summed E-state index contributed by atoms with van der Waals surface area (Å²) in [5.41, 5.74) is 3.17. The molecule has 106 valence electrons. The molecule has 0 amide bonds. The first-order chi connectivity index (χ1) is 10.1. The number of nitrogens with one attached hydrogen (secondary N) is 1. The van der Waals surface area contributed by atoms with Crippen LogP contribution in [0, 0.1) is 6.92 Å². The summed E-state index contributed by atoms with van der Waals surface area (Å²) in [7, 11) is 0. The number of benzene rings is 2. The van der Waals surface area contributed by atoms with Crippen molar-refractivity contribution in [3.63, 3.8) is 0 Å². The van der Waals surface area contributed by atoms with Gasteiger partial charge >= 0.3 is 0 Å². The van der Waals surface area contributed by atoms with Crippen molar-refractivity contribution in [2.75, 3.05) is 0 Å². The molecule has 0 radical (unpaired) electrons. The number of aryl methyl sites for hydroxylation is 1. The molecule has 0 fully saturated rings. The summed E-state index contributed by atoms with van der Waals surface area (Å²) in [5, 5.41) is 11.8. The SMILES string of the molecule is Cc1ccc2c(C=Nc3cccc(Cl)c3Cl)c(O)[nH]c2c1. The van der Waals surface area contributed by atoms with Gasteiger partial charge in [0.2, 0.25) is 0 Å². The summed E-state index contributed by atoms with van der Waals surface area (Å²) in [6.07, 6.45) is 1.58. The molecule has 0 atom stereocenters. The van der Waals surface area contributed by atoms with Gasteiger partial charge in [-0.2, -0.15) is 0 Å². The fourth-order valence-electron chi connectivity index (χ4n) is 2.18. The second-order valence-electron chi connectivity index (χ2n) is 4.77. The van der Waals surface area contributed by atoms with Crippen LogP contribution in [0.1, 0.15) is 11.1 Å². The molecular weight excluding hydrogens is 307 g/mol. The Labute approximate surface area is 131 Å². The minimum atomic E-state index is 0.0810. The number of halogens is 2. The Hall–Kier alpha value is -1.97. The van der Waals surface area contributed by atoms with Gasteiger partial charge in [0.15, 0.2) is 5.88 Å². The average Bonchev–Trinajstić information content (AvgIpc) is 2.75. The minimum absolute atomic E-state index is 0.0810. The molecule has 0 saturated heterocycles. The van der Waals surface area contributed by atoms with E-state index in [0.717, 1.165) is 16.5 Å². The van der Waals surface area contributed by atoms with Crippen LogP contribution in [0.5, 0.6) is 5.88 Å². The van der Waals surface area contributed by atoms with Crippen LogP contribution in [-0.2, 0) is 0 Å². The van der Waals surface area contributed by atoms with E-state index in [-0.39, 0.29) is 5.88 Å². The zero-order valence-electron chi connectivity index (χ0n) is 11.2. The molecule has 0 bridgehead atoms. The number of hydrogen-bond donors (Lipinski definition) is 2. The molecule has 0 spiro atoms. The lowest BCUT2D eigenvalue weighted by atomic mass is 10.1. The first-order valence-electron chi connectivity index (χ1n) is 6.35. The van der Waals surface area contributed by atoms with Gasteiger partial charge in [0.1, 0.15) is 0 Å². The maximum atomic E-state index is 10.0. The normalized spacial score (nSPS) is 11.6. The lowest BCUT2D eigenvalue weighted by Gasteiger charge is -1.99. The number of aliphatic imine (C=N–C) groups is 1. The van der Waals surface area contributed by atoms with Gasteiger partial charge in [0, 0.05) is 17.1 Å². The van der Waals surface area contributed by atoms with Gasteiger partial charge in [-0.05, 0) is 30.7 Å². The molecule has 3 nitrogen and oxygen atoms in total. The lowest BCUT2D eigenvalue weighted by Crippen LogP contribution is -1.80. The van der Waals surface area contributed by atoms with Crippen molar-refractivity contribution < 1.29 is 5.11 Å². The van der Waals surface area contributed by atoms with E-state index in [1.807, 2.05) is 25.1 Å². The Bertz CT molecular complexity index is 853. The average molecular weight is 319 g/mol. The fraction of sp³-hybridized carbons (Fsp3) is 0.0625. The van der Waals surface area contributed by atoms with Crippen molar-refractivity contribution in [1.82, 2.24) is 4.98 Å². The minimum Gasteiger partial charge on any atom is -0.494 e. The standard InChI is InChI=1S/C16H12Cl2N2O/c1-9-5-6-10-11(16(21)20-14(10)7-9)8-19-13-4-2-3-12(17)15(13)18/h2-8,20-21H,1H3. The molecule has 0 aliphatic rings. The Morgan fingerprint density at radius 3 is 2.81 bits per heavy atom. The number of H-pyrrole nitrogens is 1. The highest BCUT2D eigenvalue weighted by molar-refractivity contribution is 6.43. The molecular formula is C16H12Cl2N2O. The predicted octanol–water partition coefficient (Wildman–Crippen LogP) is 5.24. The highest BCUT2D eigenvalue weighted by atomic mass is 35.5. The van der Waals surface area contributed by atoms with E-state index in [4.69, 9.17) is 23.2 Å². The molecule has 1 aromatic heterocycles. The Morgan fingerprint density at radius 2 is 2.00 bits per heavy atom. The molecule has 0 aliphatic heterocycles. The van der Waals surface area contributed by atoms with Gasteiger partial charge in [-0.3, -0.25) is 4.99 Å². The number of aromatic hydroxyl groups is 1. The highest BCUT2D eigenvalue weighted by Crippen LogP contribution is 2.32. The van der Waals surface area contributed by atoms with Crippen LogP contribution >= 0.6 is 23.2 Å². The molecule has 1 heterocycles. The van der Waals surface area contributed by atoms with E-state index < -0.39 is 0 Å². The van der Waals surface area contributed by atoms with Crippen molar-refractivity contribution in [2.45, 2.75) is 6.92 Å². The summed E-state index contributed by atoms with van der Waals surface area (Å²) in [6.45, 7) is 2.00. The second kappa shape index (κ2) is 5.43. The summed E-state index contributed by atoms with van der Waals surface area (Å²) in [6, 6.07) is 11.1. The van der Waals surface area contributed by atoms with Crippen molar-refractivity contribution in [2.24, 2.45) is 4.99 Å². The van der Waals surface area contributed by atoms with E-state index in [1.54, 1.807) is 24.4 Å². The third-order valence-corrected chi connectivity index (χ3v) is 4.05. The maximum absolute atomic E-state index is 10.0. The van der Waals surface area contributed by atoms with Gasteiger partial charge in [-0.1, -0.05) is 41.4 Å². The number of aromatic nitrogens is 1. The number of nitrogens with zero attached hydrogens (tertiary/aromatic N) is 1. The third-order valence-electron chi connectivity index (χ3n) is 3.24. The number of rotatable bonds is 2. The Balaban J connectivity index is 2.07. The fourth-order valence-corrected chi connectivity index (χ4v) is 2.52. The highest BCUT2D eigenvalue weighted by Gasteiger charge is 2.09. The maximum Gasteiger partial charge on any atom is 0.198 e.